The van der Waals surface area contributed by atoms with E-state index in [2.05, 4.69) is 23.9 Å². The van der Waals surface area contributed by atoms with Crippen LogP contribution in [0.1, 0.15) is 71.9 Å². The molecule has 4 heterocycles. The summed E-state index contributed by atoms with van der Waals surface area (Å²) in [6.45, 7) is 1.48. The van der Waals surface area contributed by atoms with Gasteiger partial charge in [0.15, 0.2) is 23.8 Å². The number of carbonyl (C=O) groups excluding carboxylic acids is 2. The number of benzene rings is 2. The Morgan fingerprint density at radius 2 is 1.11 bits per heavy atom. The van der Waals surface area contributed by atoms with Gasteiger partial charge in [-0.2, -0.15) is 0 Å². The molecule has 10 rings (SSSR count). The number of ketones is 2. The summed E-state index contributed by atoms with van der Waals surface area (Å²) in [5, 5.41) is 42.8. The molecule has 4 aliphatic heterocycles. The number of likely N-dealkylation sites (tertiary alicyclic amines) is 2. The summed E-state index contributed by atoms with van der Waals surface area (Å²) < 4.78 is 12.3. The number of hydrogen-bond acceptors (Lipinski definition) is 10. The van der Waals surface area contributed by atoms with Crippen LogP contribution in [0, 0.1) is 0 Å². The molecule has 4 aliphatic carbocycles. The van der Waals surface area contributed by atoms with Crippen LogP contribution in [0.5, 0.6) is 11.5 Å². The molecule has 2 saturated heterocycles. The Balaban J connectivity index is 0.000000127. The second-order valence-electron chi connectivity index (χ2n) is 15.1. The van der Waals surface area contributed by atoms with Crippen LogP contribution in [0.15, 0.2) is 24.3 Å². The summed E-state index contributed by atoms with van der Waals surface area (Å²) >= 11 is 0. The molecule has 8 atom stereocenters. The molecule has 244 valence electrons. The molecule has 10 nitrogen and oxygen atoms in total. The van der Waals surface area contributed by atoms with Crippen molar-refractivity contribution in [1.82, 2.24) is 9.80 Å². The van der Waals surface area contributed by atoms with Crippen molar-refractivity contribution >= 4 is 11.6 Å². The number of nitrogens with zero attached hydrogens (tertiary/aromatic N) is 2. The third-order valence-corrected chi connectivity index (χ3v) is 13.6. The third kappa shape index (κ3) is 3.15. The van der Waals surface area contributed by atoms with E-state index in [4.69, 9.17) is 9.47 Å². The monoisotopic (exact) mass is 630 g/mol. The fourth-order valence-electron chi connectivity index (χ4n) is 11.5. The van der Waals surface area contributed by atoms with Crippen molar-refractivity contribution in [2.24, 2.45) is 0 Å². The molecule has 0 amide bonds. The molecule has 2 spiro atoms. The minimum atomic E-state index is -0.926. The number of ether oxygens (including phenoxy) is 2. The van der Waals surface area contributed by atoms with Crippen LogP contribution in [-0.2, 0) is 46.5 Å². The van der Waals surface area contributed by atoms with Crippen molar-refractivity contribution in [2.45, 2.75) is 111 Å². The lowest BCUT2D eigenvalue weighted by Crippen LogP contribution is -2.76. The lowest BCUT2D eigenvalue weighted by Gasteiger charge is -2.62. The number of carbonyl (C=O) groups is 2. The molecule has 2 saturated carbocycles. The molecule has 10 heteroatoms. The molecule has 2 aromatic carbocycles. The van der Waals surface area contributed by atoms with E-state index in [1.54, 1.807) is 0 Å². The zero-order chi connectivity index (χ0) is 32.0. The molecule has 4 unspecified atom stereocenters. The second kappa shape index (κ2) is 9.39. The summed E-state index contributed by atoms with van der Waals surface area (Å²) in [6, 6.07) is 7.92. The van der Waals surface area contributed by atoms with Gasteiger partial charge in [0.1, 0.15) is 11.5 Å². The topological polar surface area (TPSA) is 140 Å². The van der Waals surface area contributed by atoms with Crippen LogP contribution in [0.25, 0.3) is 0 Å². The van der Waals surface area contributed by atoms with Gasteiger partial charge in [0.2, 0.25) is 0 Å². The molecule has 4 N–H and O–H groups in total. The van der Waals surface area contributed by atoms with Crippen LogP contribution in [0.2, 0.25) is 0 Å². The third-order valence-electron chi connectivity index (χ3n) is 13.6. The number of Topliss-reactive ketones (excluding diaryl/α,β-unsaturated/α-hetero) is 2. The van der Waals surface area contributed by atoms with E-state index >= 15 is 0 Å². The van der Waals surface area contributed by atoms with E-state index in [9.17, 15) is 30.0 Å². The first-order valence-corrected chi connectivity index (χ1v) is 16.8. The van der Waals surface area contributed by atoms with Crippen LogP contribution in [0.4, 0.5) is 0 Å². The molecular formula is C36H42N2O8. The number of hydrogen-bond donors (Lipinski definition) is 4. The van der Waals surface area contributed by atoms with Crippen molar-refractivity contribution in [2.75, 3.05) is 27.2 Å². The zero-order valence-electron chi connectivity index (χ0n) is 26.4. The van der Waals surface area contributed by atoms with E-state index in [0.29, 0.717) is 37.2 Å². The lowest BCUT2D eigenvalue weighted by atomic mass is 9.49. The molecule has 8 aliphatic rings. The maximum atomic E-state index is 12.6. The van der Waals surface area contributed by atoms with Gasteiger partial charge in [0.05, 0.1) is 35.2 Å². The first-order chi connectivity index (χ1) is 22.1. The van der Waals surface area contributed by atoms with Gasteiger partial charge in [-0.1, -0.05) is 24.3 Å². The Kier molecular flexibility index (Phi) is 5.98. The fraction of sp³-hybridized carbons (Fsp3) is 0.611. The van der Waals surface area contributed by atoms with E-state index in [0.717, 1.165) is 72.2 Å². The number of aliphatic hydroxyl groups excluding tert-OH is 2. The highest BCUT2D eigenvalue weighted by Crippen LogP contribution is 2.65. The van der Waals surface area contributed by atoms with Gasteiger partial charge in [-0.3, -0.25) is 9.59 Å². The van der Waals surface area contributed by atoms with Gasteiger partial charge in [-0.25, -0.2) is 0 Å². The maximum absolute atomic E-state index is 12.6. The first-order valence-electron chi connectivity index (χ1n) is 16.8. The number of likely N-dealkylation sites (N-methyl/N-ethyl adjacent to an activating group) is 2. The first kappa shape index (κ1) is 29.3. The van der Waals surface area contributed by atoms with Crippen LogP contribution < -0.4 is 9.47 Å². The molecule has 4 bridgehead atoms. The number of aliphatic hydroxyl groups is 4. The van der Waals surface area contributed by atoms with Gasteiger partial charge >= 0.3 is 0 Å². The average molecular weight is 631 g/mol. The van der Waals surface area contributed by atoms with Crippen LogP contribution in [0.3, 0.4) is 0 Å². The van der Waals surface area contributed by atoms with Crippen molar-refractivity contribution in [3.63, 3.8) is 0 Å². The Morgan fingerprint density at radius 1 is 0.696 bits per heavy atom. The molecular weight excluding hydrogens is 588 g/mol. The predicted molar refractivity (Wildman–Crippen MR) is 165 cm³/mol. The average Bonchev–Trinajstić information content (AvgIpc) is 3.59. The van der Waals surface area contributed by atoms with E-state index in [-0.39, 0.29) is 36.9 Å². The van der Waals surface area contributed by atoms with E-state index in [1.807, 2.05) is 24.3 Å². The minimum Gasteiger partial charge on any atom is -0.481 e. The van der Waals surface area contributed by atoms with Crippen molar-refractivity contribution < 1.29 is 39.5 Å². The highest BCUT2D eigenvalue weighted by atomic mass is 16.5. The predicted octanol–water partition coefficient (Wildman–Crippen LogP) is 1.06. The van der Waals surface area contributed by atoms with E-state index in [1.165, 1.54) is 0 Å². The minimum absolute atomic E-state index is 0.0221. The van der Waals surface area contributed by atoms with Crippen molar-refractivity contribution in [3.8, 4) is 11.5 Å². The second-order valence-corrected chi connectivity index (χ2v) is 15.1. The maximum Gasteiger partial charge on any atom is 0.174 e. The molecule has 46 heavy (non-hydrogen) atoms. The Labute approximate surface area is 267 Å². The Bertz CT molecular complexity index is 1590. The van der Waals surface area contributed by atoms with Gasteiger partial charge < -0.3 is 39.7 Å². The standard InChI is InChI=1S/2C18H21NO4/c2*1-19-7-6-17-14-10-2-3-11(9-20)15(14)23-16(17)12(21)4-5-18(17,22)13(19)8-10/h2*2-3,13,16,20,22H,4-9H2,1H3/t2*13?,16-,17?,18+/m00/s1. The number of piperidine rings is 2. The largest absolute Gasteiger partial charge is 0.481 e. The summed E-state index contributed by atoms with van der Waals surface area (Å²) in [4.78, 5) is 29.7. The summed E-state index contributed by atoms with van der Waals surface area (Å²) in [7, 11) is 4.12. The van der Waals surface area contributed by atoms with Gasteiger partial charge in [0.25, 0.3) is 0 Å². The SMILES string of the molecule is CN1CCC23c4c5ccc(CO)c4O[C@H]2C(=O)CC[C@@]3(O)C1C5.CN1CCC23c4c5ccc(CO)c4O[C@H]2C(=O)CC[C@@]3(O)C1C5. The van der Waals surface area contributed by atoms with Crippen LogP contribution >= 0.6 is 0 Å². The smallest absolute Gasteiger partial charge is 0.174 e. The molecule has 0 radical (unpaired) electrons. The number of rotatable bonds is 2. The van der Waals surface area contributed by atoms with Gasteiger partial charge in [-0.05, 0) is 76.8 Å². The highest BCUT2D eigenvalue weighted by molar-refractivity contribution is 5.90. The fourth-order valence-corrected chi connectivity index (χ4v) is 11.5. The normalized spacial score (nSPS) is 40.7. The Hall–Kier alpha value is -2.86. The van der Waals surface area contributed by atoms with Gasteiger partial charge in [0, 0.05) is 47.2 Å². The quantitative estimate of drug-likeness (QED) is 0.381. The van der Waals surface area contributed by atoms with Crippen molar-refractivity contribution in [1.29, 1.82) is 0 Å². The van der Waals surface area contributed by atoms with Crippen molar-refractivity contribution in [3.05, 3.63) is 57.6 Å². The molecule has 2 aromatic rings. The zero-order valence-corrected chi connectivity index (χ0v) is 26.4. The van der Waals surface area contributed by atoms with Crippen LogP contribution in [-0.4, -0.2) is 104 Å². The summed E-state index contributed by atoms with van der Waals surface area (Å²) in [5.41, 5.74) is 2.67. The van der Waals surface area contributed by atoms with Gasteiger partial charge in [-0.15, -0.1) is 0 Å². The highest BCUT2D eigenvalue weighted by Gasteiger charge is 2.74. The molecule has 0 aromatic heterocycles. The Morgan fingerprint density at radius 3 is 1.50 bits per heavy atom. The molecule has 4 fully saturated rings. The summed E-state index contributed by atoms with van der Waals surface area (Å²) in [5.74, 6) is 1.50. The van der Waals surface area contributed by atoms with E-state index < -0.39 is 34.2 Å². The lowest BCUT2D eigenvalue weighted by molar-refractivity contribution is -0.185. The summed E-state index contributed by atoms with van der Waals surface area (Å²) in [6.07, 6.45) is 3.53.